The monoisotopic (exact) mass is 411 g/mol. The molecule has 0 bridgehead atoms. The van der Waals surface area contributed by atoms with Crippen LogP contribution in [0, 0.1) is 18.8 Å². The average Bonchev–Trinajstić information content (AvgIpc) is 2.70. The maximum Gasteiger partial charge on any atom is 0.255 e. The maximum atomic E-state index is 12.6. The van der Waals surface area contributed by atoms with Gasteiger partial charge in [0.25, 0.3) is 5.91 Å². The molecule has 6 nitrogen and oxygen atoms in total. The number of nitrogens with one attached hydrogen (secondary N) is 2. The molecule has 2 aromatic rings. The maximum absolute atomic E-state index is 12.6. The number of carboxylic acids is 1. The van der Waals surface area contributed by atoms with Crippen LogP contribution in [0.1, 0.15) is 28.8 Å². The van der Waals surface area contributed by atoms with E-state index in [0.29, 0.717) is 28.4 Å². The summed E-state index contributed by atoms with van der Waals surface area (Å²) in [4.78, 5) is 36.4. The van der Waals surface area contributed by atoms with E-state index in [-0.39, 0.29) is 18.2 Å². The van der Waals surface area contributed by atoms with Crippen molar-refractivity contribution >= 4 is 40.8 Å². The van der Waals surface area contributed by atoms with Gasteiger partial charge >= 0.3 is 0 Å². The highest BCUT2D eigenvalue weighted by Gasteiger charge is 2.29. The zero-order valence-electron chi connectivity index (χ0n) is 15.8. The Morgan fingerprint density at radius 1 is 0.966 bits per heavy atom. The quantitative estimate of drug-likeness (QED) is 0.738. The summed E-state index contributed by atoms with van der Waals surface area (Å²) in [5, 5.41) is 17.4. The third-order valence-electron chi connectivity index (χ3n) is 4.93. The Kier molecular flexibility index (Phi) is 6.34. The van der Waals surface area contributed by atoms with Gasteiger partial charge in [-0.1, -0.05) is 29.8 Å². The summed E-state index contributed by atoms with van der Waals surface area (Å²) in [6.45, 7) is 1.83. The molecule has 2 atom stereocenters. The van der Waals surface area contributed by atoms with E-state index in [0.717, 1.165) is 5.56 Å². The average molecular weight is 412 g/mol. The summed E-state index contributed by atoms with van der Waals surface area (Å²) >= 11 is 5.85. The number of anilines is 2. The molecule has 1 aliphatic rings. The standard InChI is InChI=1S/C22H21ClN2O4/c1-13-6-11-16(24-21(27)17-4-2-3-5-18(17)22(28)29)12-19(13)25-20(26)14-7-9-15(23)10-8-14/h2-3,6-12,17-18H,4-5H2,1H3,(H,24,27)(H,25,26)(H,28,29)/p-1/t17-,18+/m0/s1. The number of halogens is 1. The molecule has 1 aliphatic carbocycles. The van der Waals surface area contributed by atoms with Gasteiger partial charge in [0.05, 0.1) is 5.92 Å². The molecule has 0 heterocycles. The van der Waals surface area contributed by atoms with E-state index < -0.39 is 17.8 Å². The van der Waals surface area contributed by atoms with E-state index in [4.69, 9.17) is 11.6 Å². The molecular formula is C22H20ClN2O4-. The van der Waals surface area contributed by atoms with E-state index >= 15 is 0 Å². The van der Waals surface area contributed by atoms with Crippen molar-refractivity contribution in [3.63, 3.8) is 0 Å². The lowest BCUT2D eigenvalue weighted by Gasteiger charge is -2.28. The lowest BCUT2D eigenvalue weighted by Crippen LogP contribution is -2.41. The number of allylic oxidation sites excluding steroid dienone is 2. The molecule has 0 fully saturated rings. The highest BCUT2D eigenvalue weighted by atomic mass is 35.5. The predicted molar refractivity (Wildman–Crippen MR) is 110 cm³/mol. The zero-order valence-corrected chi connectivity index (χ0v) is 16.5. The van der Waals surface area contributed by atoms with Gasteiger partial charge in [0.15, 0.2) is 0 Å². The van der Waals surface area contributed by atoms with Crippen LogP contribution in [0.25, 0.3) is 0 Å². The highest BCUT2D eigenvalue weighted by molar-refractivity contribution is 6.30. The van der Waals surface area contributed by atoms with Crippen molar-refractivity contribution in [2.45, 2.75) is 19.8 Å². The predicted octanol–water partition coefficient (Wildman–Crippen LogP) is 3.17. The Labute approximate surface area is 173 Å². The van der Waals surface area contributed by atoms with E-state index in [9.17, 15) is 19.5 Å². The van der Waals surface area contributed by atoms with Crippen molar-refractivity contribution in [2.24, 2.45) is 11.8 Å². The summed E-state index contributed by atoms with van der Waals surface area (Å²) in [5.41, 5.74) is 2.29. The van der Waals surface area contributed by atoms with Crippen LogP contribution in [0.15, 0.2) is 54.6 Å². The van der Waals surface area contributed by atoms with Crippen LogP contribution < -0.4 is 15.7 Å². The Morgan fingerprint density at radius 2 is 1.62 bits per heavy atom. The zero-order chi connectivity index (χ0) is 21.0. The van der Waals surface area contributed by atoms with Gasteiger partial charge in [-0.25, -0.2) is 0 Å². The molecule has 0 unspecified atom stereocenters. The molecule has 0 saturated carbocycles. The second kappa shape index (κ2) is 8.92. The number of benzene rings is 2. The molecule has 2 N–H and O–H groups in total. The lowest BCUT2D eigenvalue weighted by atomic mass is 9.82. The first-order valence-corrected chi connectivity index (χ1v) is 9.57. The van der Waals surface area contributed by atoms with Crippen LogP contribution in [0.3, 0.4) is 0 Å². The minimum atomic E-state index is -1.23. The SMILES string of the molecule is Cc1ccc(NC(=O)[C@H]2CC=CC[C@H]2C(=O)[O-])cc1NC(=O)c1ccc(Cl)cc1. The first-order valence-electron chi connectivity index (χ1n) is 9.19. The molecule has 7 heteroatoms. The van der Waals surface area contributed by atoms with Crippen molar-refractivity contribution < 1.29 is 19.5 Å². The second-order valence-corrected chi connectivity index (χ2v) is 7.39. The number of hydrogen-bond donors (Lipinski definition) is 2. The Balaban J connectivity index is 1.74. The Morgan fingerprint density at radius 3 is 2.28 bits per heavy atom. The highest BCUT2D eigenvalue weighted by Crippen LogP contribution is 2.28. The Bertz CT molecular complexity index is 969. The van der Waals surface area contributed by atoms with Crippen LogP contribution in [-0.2, 0) is 9.59 Å². The van der Waals surface area contributed by atoms with Crippen LogP contribution in [0.5, 0.6) is 0 Å². The number of carbonyl (C=O) groups excluding carboxylic acids is 3. The number of carbonyl (C=O) groups is 3. The van der Waals surface area contributed by atoms with Crippen LogP contribution in [0.4, 0.5) is 11.4 Å². The number of aliphatic carboxylic acids is 1. The second-order valence-electron chi connectivity index (χ2n) is 6.95. The fraction of sp³-hybridized carbons (Fsp3) is 0.227. The van der Waals surface area contributed by atoms with Crippen molar-refractivity contribution in [1.29, 1.82) is 0 Å². The van der Waals surface area contributed by atoms with Gasteiger partial charge in [0, 0.05) is 33.8 Å². The topological polar surface area (TPSA) is 98.3 Å². The minimum Gasteiger partial charge on any atom is -0.550 e. The fourth-order valence-corrected chi connectivity index (χ4v) is 3.36. The number of amides is 2. The van der Waals surface area contributed by atoms with Crippen molar-refractivity contribution in [2.75, 3.05) is 10.6 Å². The van der Waals surface area contributed by atoms with Crippen LogP contribution in [-0.4, -0.2) is 17.8 Å². The van der Waals surface area contributed by atoms with E-state index in [1.54, 1.807) is 54.6 Å². The van der Waals surface area contributed by atoms with E-state index in [1.165, 1.54) is 0 Å². The number of aryl methyl sites for hydroxylation is 1. The van der Waals surface area contributed by atoms with Crippen molar-refractivity contribution in [3.8, 4) is 0 Å². The van der Waals surface area contributed by atoms with Gasteiger partial charge in [-0.05, 0) is 61.7 Å². The molecule has 3 rings (SSSR count). The normalized spacial score (nSPS) is 18.1. The van der Waals surface area contributed by atoms with Gasteiger partial charge in [0.1, 0.15) is 0 Å². The van der Waals surface area contributed by atoms with Gasteiger partial charge in [0.2, 0.25) is 5.91 Å². The number of hydrogen-bond acceptors (Lipinski definition) is 4. The first kappa shape index (κ1) is 20.6. The van der Waals surface area contributed by atoms with Gasteiger partial charge in [-0.15, -0.1) is 0 Å². The van der Waals surface area contributed by atoms with E-state index in [2.05, 4.69) is 10.6 Å². The first-order chi connectivity index (χ1) is 13.8. The summed E-state index contributed by atoms with van der Waals surface area (Å²) in [6, 6.07) is 11.6. The number of rotatable bonds is 5. The van der Waals surface area contributed by atoms with Gasteiger partial charge in [-0.3, -0.25) is 9.59 Å². The fourth-order valence-electron chi connectivity index (χ4n) is 3.23. The van der Waals surface area contributed by atoms with Gasteiger partial charge in [-0.2, -0.15) is 0 Å². The molecule has 0 aromatic heterocycles. The molecule has 0 aliphatic heterocycles. The third kappa shape index (κ3) is 5.03. The van der Waals surface area contributed by atoms with Gasteiger partial charge < -0.3 is 20.5 Å². The molecule has 0 spiro atoms. The summed E-state index contributed by atoms with van der Waals surface area (Å²) in [7, 11) is 0. The van der Waals surface area contributed by atoms with Crippen molar-refractivity contribution in [3.05, 3.63) is 70.8 Å². The summed E-state index contributed by atoms with van der Waals surface area (Å²) in [6.07, 6.45) is 4.17. The molecule has 0 saturated heterocycles. The Hall–Kier alpha value is -3.12. The smallest absolute Gasteiger partial charge is 0.255 e. The minimum absolute atomic E-state index is 0.275. The number of carboxylic acid groups (broad SMARTS) is 1. The molecule has 2 aromatic carbocycles. The van der Waals surface area contributed by atoms with E-state index in [1.807, 2.05) is 6.92 Å². The van der Waals surface area contributed by atoms with Crippen LogP contribution in [0.2, 0.25) is 5.02 Å². The molecule has 2 amide bonds. The van der Waals surface area contributed by atoms with Crippen LogP contribution >= 0.6 is 11.6 Å². The third-order valence-corrected chi connectivity index (χ3v) is 5.18. The summed E-state index contributed by atoms with van der Waals surface area (Å²) < 4.78 is 0. The molecule has 150 valence electrons. The molecule has 0 radical (unpaired) electrons. The summed E-state index contributed by atoms with van der Waals surface area (Å²) in [5.74, 6) is -3.47. The molecule has 29 heavy (non-hydrogen) atoms. The largest absolute Gasteiger partial charge is 0.550 e. The van der Waals surface area contributed by atoms with Crippen molar-refractivity contribution in [1.82, 2.24) is 0 Å². The lowest BCUT2D eigenvalue weighted by molar-refractivity contribution is -0.313. The molecular weight excluding hydrogens is 392 g/mol.